The van der Waals surface area contributed by atoms with E-state index in [0.717, 1.165) is 12.0 Å². The van der Waals surface area contributed by atoms with Gasteiger partial charge in [0.15, 0.2) is 15.5 Å². The number of anilines is 1. The molecule has 7 rings (SSSR count). The fourth-order valence-corrected chi connectivity index (χ4v) is 7.11. The molecule has 2 atom stereocenters. The maximum Gasteiger partial charge on any atom is 0.273 e. The smallest absolute Gasteiger partial charge is 0.273 e. The Bertz CT molecular complexity index is 2040. The normalized spacial score (nSPS) is 18.6. The number of aromatic nitrogens is 7. The van der Waals surface area contributed by atoms with Crippen molar-refractivity contribution >= 4 is 27.2 Å². The number of aryl methyl sites for hydroxylation is 1. The third-order valence-electron chi connectivity index (χ3n) is 8.55. The summed E-state index contributed by atoms with van der Waals surface area (Å²) in [6.45, 7) is 3.31. The number of hydrogen-bond donors (Lipinski definition) is 0. The SMILES string of the molecule is C[C@@H]1c2ccccc2CCN1C(=O)c1cc(-c2cnn(C)n2)n2nc(-c3cnc(N4CC[C@H](S(C)(=O)=O)C4)cc3F)cc2n1. The molecule has 2 aliphatic rings. The van der Waals surface area contributed by atoms with Crippen molar-refractivity contribution in [2.24, 2.45) is 7.05 Å². The van der Waals surface area contributed by atoms with E-state index < -0.39 is 20.9 Å². The average Bonchev–Trinajstić information content (AvgIpc) is 3.76. The average molecular weight is 616 g/mol. The van der Waals surface area contributed by atoms with Gasteiger partial charge in [-0.2, -0.15) is 20.1 Å². The van der Waals surface area contributed by atoms with Crippen LogP contribution in [0.2, 0.25) is 0 Å². The fourth-order valence-electron chi connectivity index (χ4n) is 6.13. The van der Waals surface area contributed by atoms with Gasteiger partial charge in [0.1, 0.15) is 23.0 Å². The molecule has 12 nitrogen and oxygen atoms in total. The molecule has 1 saturated heterocycles. The van der Waals surface area contributed by atoms with E-state index in [-0.39, 0.29) is 35.4 Å². The van der Waals surface area contributed by atoms with Crippen molar-refractivity contribution in [1.29, 1.82) is 0 Å². The standard InChI is InChI=1S/C30H30FN9O3S/c1-18-21-7-5-4-6-19(21)8-11-39(18)30(41)25-13-27(26-16-33-37(2)35-26)40-29(34-25)14-24(36-40)22-15-32-28(12-23(22)31)38-10-9-20(17-38)44(3,42)43/h4-7,12-16,18,20H,8-11,17H2,1-3H3/t18-,20+/m1/s1. The van der Waals surface area contributed by atoms with Crippen LogP contribution in [0.4, 0.5) is 10.2 Å². The van der Waals surface area contributed by atoms with Gasteiger partial charge in [-0.15, -0.1) is 0 Å². The van der Waals surface area contributed by atoms with Crippen LogP contribution in [0.3, 0.4) is 0 Å². The molecule has 0 aliphatic carbocycles. The van der Waals surface area contributed by atoms with Crippen LogP contribution in [0.1, 0.15) is 41.0 Å². The second-order valence-corrected chi connectivity index (χ2v) is 13.7. The number of halogens is 1. The number of nitrogens with zero attached hydrogens (tertiary/aromatic N) is 9. The summed E-state index contributed by atoms with van der Waals surface area (Å²) in [5.74, 6) is -0.415. The highest BCUT2D eigenvalue weighted by molar-refractivity contribution is 7.91. The zero-order valence-electron chi connectivity index (χ0n) is 24.4. The van der Waals surface area contributed by atoms with Crippen molar-refractivity contribution < 1.29 is 17.6 Å². The first-order valence-electron chi connectivity index (χ1n) is 14.3. The van der Waals surface area contributed by atoms with Crippen molar-refractivity contribution in [1.82, 2.24) is 39.5 Å². The van der Waals surface area contributed by atoms with Gasteiger partial charge in [0.05, 0.1) is 34.4 Å². The lowest BCUT2D eigenvalue weighted by molar-refractivity contribution is 0.0672. The number of benzene rings is 1. The van der Waals surface area contributed by atoms with E-state index in [1.165, 1.54) is 33.4 Å². The number of hydrogen-bond acceptors (Lipinski definition) is 9. The summed E-state index contributed by atoms with van der Waals surface area (Å²) in [6, 6.07) is 12.6. The third-order valence-corrected chi connectivity index (χ3v) is 10.1. The van der Waals surface area contributed by atoms with Crippen molar-refractivity contribution in [2.75, 3.05) is 30.8 Å². The highest BCUT2D eigenvalue weighted by Gasteiger charge is 2.32. The highest BCUT2D eigenvalue weighted by Crippen LogP contribution is 2.32. The molecule has 14 heteroatoms. The van der Waals surface area contributed by atoms with Gasteiger partial charge in [-0.1, -0.05) is 24.3 Å². The Labute approximate surface area is 253 Å². The Morgan fingerprint density at radius 2 is 1.86 bits per heavy atom. The van der Waals surface area contributed by atoms with E-state index >= 15 is 4.39 Å². The number of fused-ring (bicyclic) bond motifs is 2. The Kier molecular flexibility index (Phi) is 6.68. The summed E-state index contributed by atoms with van der Waals surface area (Å²) < 4.78 is 41.0. The van der Waals surface area contributed by atoms with Gasteiger partial charge >= 0.3 is 0 Å². The summed E-state index contributed by atoms with van der Waals surface area (Å²) in [5, 5.41) is 12.7. The van der Waals surface area contributed by atoms with Crippen LogP contribution in [0.15, 0.2) is 54.9 Å². The zero-order valence-corrected chi connectivity index (χ0v) is 25.2. The van der Waals surface area contributed by atoms with Crippen LogP contribution >= 0.6 is 0 Å². The van der Waals surface area contributed by atoms with Crippen molar-refractivity contribution in [3.63, 3.8) is 0 Å². The number of amides is 1. The maximum absolute atomic E-state index is 15.5. The quantitative estimate of drug-likeness (QED) is 0.293. The molecule has 6 heterocycles. The molecule has 44 heavy (non-hydrogen) atoms. The van der Waals surface area contributed by atoms with Crippen LogP contribution in [0, 0.1) is 5.82 Å². The van der Waals surface area contributed by atoms with E-state index in [1.807, 2.05) is 30.0 Å². The molecule has 0 spiro atoms. The lowest BCUT2D eigenvalue weighted by Gasteiger charge is -2.35. The minimum atomic E-state index is -3.20. The summed E-state index contributed by atoms with van der Waals surface area (Å²) in [4.78, 5) is 28.0. The van der Waals surface area contributed by atoms with Crippen molar-refractivity contribution in [3.05, 3.63) is 77.5 Å². The summed E-state index contributed by atoms with van der Waals surface area (Å²) >= 11 is 0. The predicted octanol–water partition coefficient (Wildman–Crippen LogP) is 3.11. The first-order valence-corrected chi connectivity index (χ1v) is 16.3. The third kappa shape index (κ3) is 4.88. The summed E-state index contributed by atoms with van der Waals surface area (Å²) in [5.41, 5.74) is 4.29. The number of carbonyl (C=O) groups is 1. The molecule has 5 aromatic rings. The molecular weight excluding hydrogens is 585 g/mol. The molecule has 0 bridgehead atoms. The molecule has 4 aromatic heterocycles. The largest absolute Gasteiger partial charge is 0.355 e. The Hall–Kier alpha value is -4.72. The Morgan fingerprint density at radius 3 is 2.59 bits per heavy atom. The van der Waals surface area contributed by atoms with Gasteiger partial charge < -0.3 is 9.80 Å². The van der Waals surface area contributed by atoms with Crippen LogP contribution in [-0.4, -0.2) is 84.9 Å². The molecule has 1 amide bonds. The minimum Gasteiger partial charge on any atom is -0.355 e. The number of carbonyl (C=O) groups excluding carboxylic acids is 1. The van der Waals surface area contributed by atoms with E-state index in [9.17, 15) is 13.2 Å². The molecule has 1 aromatic carbocycles. The van der Waals surface area contributed by atoms with Crippen LogP contribution in [0.5, 0.6) is 0 Å². The molecule has 1 fully saturated rings. The minimum absolute atomic E-state index is 0.132. The molecule has 2 aliphatic heterocycles. The molecule has 0 saturated carbocycles. The van der Waals surface area contributed by atoms with Gasteiger partial charge in [0.25, 0.3) is 5.91 Å². The van der Waals surface area contributed by atoms with Crippen molar-refractivity contribution in [3.8, 4) is 22.6 Å². The van der Waals surface area contributed by atoms with Gasteiger partial charge in [0.2, 0.25) is 0 Å². The molecule has 0 radical (unpaired) electrons. The highest BCUT2D eigenvalue weighted by atomic mass is 32.2. The van der Waals surface area contributed by atoms with E-state index in [4.69, 9.17) is 0 Å². The molecule has 0 N–H and O–H groups in total. The summed E-state index contributed by atoms with van der Waals surface area (Å²) in [7, 11) is -1.51. The topological polar surface area (TPSA) is 131 Å². The van der Waals surface area contributed by atoms with Crippen LogP contribution < -0.4 is 4.90 Å². The van der Waals surface area contributed by atoms with Gasteiger partial charge in [0, 0.05) is 51.3 Å². The zero-order chi connectivity index (χ0) is 30.7. The van der Waals surface area contributed by atoms with Crippen LogP contribution in [0.25, 0.3) is 28.3 Å². The second-order valence-electron chi connectivity index (χ2n) is 11.4. The Morgan fingerprint density at radius 1 is 1.05 bits per heavy atom. The molecular formula is C30H30FN9O3S. The van der Waals surface area contributed by atoms with Crippen molar-refractivity contribution in [2.45, 2.75) is 31.1 Å². The predicted molar refractivity (Wildman–Crippen MR) is 161 cm³/mol. The number of rotatable bonds is 5. The first kappa shape index (κ1) is 28.1. The van der Waals surface area contributed by atoms with E-state index in [2.05, 4.69) is 31.3 Å². The fraction of sp³-hybridized carbons (Fsp3) is 0.333. The van der Waals surface area contributed by atoms with E-state index in [1.54, 1.807) is 30.3 Å². The second kappa shape index (κ2) is 10.5. The van der Waals surface area contributed by atoms with Crippen LogP contribution in [-0.2, 0) is 23.3 Å². The monoisotopic (exact) mass is 615 g/mol. The van der Waals surface area contributed by atoms with Gasteiger partial charge in [-0.3, -0.25) is 4.79 Å². The lowest BCUT2D eigenvalue weighted by Crippen LogP contribution is -2.39. The molecule has 226 valence electrons. The van der Waals surface area contributed by atoms with Gasteiger partial charge in [-0.25, -0.2) is 27.3 Å². The summed E-state index contributed by atoms with van der Waals surface area (Å²) in [6.07, 6.45) is 5.39. The number of sulfone groups is 1. The number of pyridine rings is 1. The first-order chi connectivity index (χ1) is 21.1. The Balaban J connectivity index is 1.26. The lowest BCUT2D eigenvalue weighted by atomic mass is 9.93. The van der Waals surface area contributed by atoms with Gasteiger partial charge in [-0.05, 0) is 37.0 Å². The molecule has 0 unspecified atom stereocenters. The maximum atomic E-state index is 15.5. The van der Waals surface area contributed by atoms with E-state index in [0.29, 0.717) is 42.4 Å².